The molecule has 0 aliphatic rings. The van der Waals surface area contributed by atoms with Crippen LogP contribution in [-0.2, 0) is 11.4 Å². The number of carbonyl (C=O) groups excluding carboxylic acids is 1. The van der Waals surface area contributed by atoms with Crippen LogP contribution >= 0.6 is 11.6 Å². The van der Waals surface area contributed by atoms with E-state index < -0.39 is 6.03 Å². The summed E-state index contributed by atoms with van der Waals surface area (Å²) >= 11 is 6.01. The lowest BCUT2D eigenvalue weighted by Crippen LogP contribution is -2.28. The zero-order valence-corrected chi connectivity index (χ0v) is 12.1. The Morgan fingerprint density at radius 2 is 2.24 bits per heavy atom. The van der Waals surface area contributed by atoms with Crippen molar-refractivity contribution in [1.29, 1.82) is 0 Å². The van der Waals surface area contributed by atoms with Crippen LogP contribution < -0.4 is 15.5 Å². The summed E-state index contributed by atoms with van der Waals surface area (Å²) in [6.45, 7) is 0.220. The molecule has 2 amide bonds. The van der Waals surface area contributed by atoms with Gasteiger partial charge in [-0.1, -0.05) is 17.7 Å². The minimum Gasteiger partial charge on any atom is -0.497 e. The SMILES string of the molecule is COc1ccc(NC(=O)NOCc2cccnc2)c(Cl)c1. The zero-order chi connectivity index (χ0) is 15.1. The van der Waals surface area contributed by atoms with E-state index in [0.29, 0.717) is 16.5 Å². The van der Waals surface area contributed by atoms with E-state index in [1.165, 1.54) is 7.11 Å². The molecule has 2 aromatic rings. The van der Waals surface area contributed by atoms with Crippen molar-refractivity contribution in [3.05, 3.63) is 53.3 Å². The van der Waals surface area contributed by atoms with Crippen molar-refractivity contribution < 1.29 is 14.4 Å². The minimum atomic E-state index is -0.522. The van der Waals surface area contributed by atoms with Gasteiger partial charge in [0.25, 0.3) is 0 Å². The fourth-order valence-electron chi connectivity index (χ4n) is 1.54. The van der Waals surface area contributed by atoms with Gasteiger partial charge in [-0.05, 0) is 23.8 Å². The second-order valence-corrected chi connectivity index (χ2v) is 4.46. The Bertz CT molecular complexity index is 608. The van der Waals surface area contributed by atoms with E-state index in [9.17, 15) is 4.79 Å². The second kappa shape index (κ2) is 7.47. The first-order chi connectivity index (χ1) is 10.2. The Kier molecular flexibility index (Phi) is 5.36. The Morgan fingerprint density at radius 1 is 1.38 bits per heavy atom. The van der Waals surface area contributed by atoms with Crippen LogP contribution in [0.4, 0.5) is 10.5 Å². The number of urea groups is 1. The summed E-state index contributed by atoms with van der Waals surface area (Å²) in [5.41, 5.74) is 3.57. The number of nitrogens with zero attached hydrogens (tertiary/aromatic N) is 1. The third kappa shape index (κ3) is 4.62. The molecular formula is C14H14ClN3O3. The molecule has 110 valence electrons. The first-order valence-corrected chi connectivity index (χ1v) is 6.48. The molecular weight excluding hydrogens is 294 g/mol. The summed E-state index contributed by atoms with van der Waals surface area (Å²) in [6.07, 6.45) is 3.31. The van der Waals surface area contributed by atoms with Crippen molar-refractivity contribution in [2.45, 2.75) is 6.61 Å². The van der Waals surface area contributed by atoms with Gasteiger partial charge in [0.05, 0.1) is 17.8 Å². The molecule has 0 atom stereocenters. The normalized spacial score (nSPS) is 10.0. The number of aromatic nitrogens is 1. The number of hydrogen-bond donors (Lipinski definition) is 2. The molecule has 1 aromatic carbocycles. The molecule has 0 aliphatic heterocycles. The zero-order valence-electron chi connectivity index (χ0n) is 11.3. The smallest absolute Gasteiger partial charge is 0.343 e. The number of rotatable bonds is 5. The van der Waals surface area contributed by atoms with E-state index in [2.05, 4.69) is 15.8 Å². The molecule has 1 heterocycles. The van der Waals surface area contributed by atoms with Crippen LogP contribution in [0.1, 0.15) is 5.56 Å². The first kappa shape index (κ1) is 15.1. The van der Waals surface area contributed by atoms with Crippen molar-refractivity contribution in [2.75, 3.05) is 12.4 Å². The predicted molar refractivity (Wildman–Crippen MR) is 79.2 cm³/mol. The monoisotopic (exact) mass is 307 g/mol. The van der Waals surface area contributed by atoms with Crippen LogP contribution in [-0.4, -0.2) is 18.1 Å². The molecule has 2 rings (SSSR count). The lowest BCUT2D eigenvalue weighted by atomic mass is 10.3. The van der Waals surface area contributed by atoms with E-state index in [-0.39, 0.29) is 6.61 Å². The van der Waals surface area contributed by atoms with Crippen molar-refractivity contribution in [2.24, 2.45) is 0 Å². The van der Waals surface area contributed by atoms with E-state index in [4.69, 9.17) is 21.2 Å². The number of halogens is 1. The van der Waals surface area contributed by atoms with Crippen molar-refractivity contribution in [3.63, 3.8) is 0 Å². The van der Waals surface area contributed by atoms with Gasteiger partial charge >= 0.3 is 6.03 Å². The highest BCUT2D eigenvalue weighted by Gasteiger charge is 2.06. The molecule has 0 saturated carbocycles. The van der Waals surface area contributed by atoms with Gasteiger partial charge in [0.15, 0.2) is 0 Å². The first-order valence-electron chi connectivity index (χ1n) is 6.10. The number of carbonyl (C=O) groups is 1. The molecule has 0 bridgehead atoms. The summed E-state index contributed by atoms with van der Waals surface area (Å²) < 4.78 is 5.03. The number of hydroxylamine groups is 1. The molecule has 0 unspecified atom stereocenters. The molecule has 6 nitrogen and oxygen atoms in total. The molecule has 0 aliphatic carbocycles. The topological polar surface area (TPSA) is 72.5 Å². The van der Waals surface area contributed by atoms with E-state index >= 15 is 0 Å². The average Bonchev–Trinajstić information content (AvgIpc) is 2.50. The van der Waals surface area contributed by atoms with Gasteiger partial charge in [-0.3, -0.25) is 9.82 Å². The number of anilines is 1. The molecule has 1 aromatic heterocycles. The number of benzene rings is 1. The Hall–Kier alpha value is -2.31. The van der Waals surface area contributed by atoms with Crippen molar-refractivity contribution in [1.82, 2.24) is 10.5 Å². The number of pyridine rings is 1. The highest BCUT2D eigenvalue weighted by atomic mass is 35.5. The molecule has 21 heavy (non-hydrogen) atoms. The highest BCUT2D eigenvalue weighted by molar-refractivity contribution is 6.33. The Labute approximate surface area is 127 Å². The van der Waals surface area contributed by atoms with Gasteiger partial charge in [-0.15, -0.1) is 0 Å². The quantitative estimate of drug-likeness (QED) is 0.833. The second-order valence-electron chi connectivity index (χ2n) is 4.05. The number of hydrogen-bond acceptors (Lipinski definition) is 4. The molecule has 0 radical (unpaired) electrons. The Morgan fingerprint density at radius 3 is 2.90 bits per heavy atom. The summed E-state index contributed by atoms with van der Waals surface area (Å²) in [6, 6.07) is 8.04. The number of methoxy groups -OCH3 is 1. The summed E-state index contributed by atoms with van der Waals surface area (Å²) in [4.78, 5) is 20.7. The fourth-order valence-corrected chi connectivity index (χ4v) is 1.76. The van der Waals surface area contributed by atoms with Crippen LogP contribution in [0.2, 0.25) is 5.02 Å². The third-order valence-electron chi connectivity index (χ3n) is 2.55. The molecule has 0 saturated heterocycles. The lowest BCUT2D eigenvalue weighted by Gasteiger charge is -2.10. The minimum absolute atomic E-state index is 0.220. The van der Waals surface area contributed by atoms with Gasteiger partial charge < -0.3 is 10.1 Å². The molecule has 0 fully saturated rings. The van der Waals surface area contributed by atoms with E-state index in [0.717, 1.165) is 5.56 Å². The van der Waals surface area contributed by atoms with Gasteiger partial charge in [0.1, 0.15) is 12.4 Å². The maximum Gasteiger partial charge on any atom is 0.343 e. The summed E-state index contributed by atoms with van der Waals surface area (Å²) in [5, 5.41) is 2.94. The van der Waals surface area contributed by atoms with E-state index in [1.54, 1.807) is 36.7 Å². The molecule has 7 heteroatoms. The van der Waals surface area contributed by atoms with Gasteiger partial charge in [0, 0.05) is 18.5 Å². The van der Waals surface area contributed by atoms with Gasteiger partial charge in [-0.25, -0.2) is 10.3 Å². The van der Waals surface area contributed by atoms with Crippen LogP contribution in [0.3, 0.4) is 0 Å². The third-order valence-corrected chi connectivity index (χ3v) is 2.86. The van der Waals surface area contributed by atoms with Gasteiger partial charge in [0.2, 0.25) is 0 Å². The average molecular weight is 308 g/mol. The van der Waals surface area contributed by atoms with Crippen LogP contribution in [0.25, 0.3) is 0 Å². The summed E-state index contributed by atoms with van der Waals surface area (Å²) in [7, 11) is 1.54. The number of ether oxygens (including phenoxy) is 1. The molecule has 0 spiro atoms. The van der Waals surface area contributed by atoms with Gasteiger partial charge in [-0.2, -0.15) is 0 Å². The Balaban J connectivity index is 1.82. The fraction of sp³-hybridized carbons (Fsp3) is 0.143. The number of nitrogens with one attached hydrogen (secondary N) is 2. The largest absolute Gasteiger partial charge is 0.497 e. The van der Waals surface area contributed by atoms with Crippen LogP contribution in [0.5, 0.6) is 5.75 Å². The number of amides is 2. The maximum atomic E-state index is 11.7. The van der Waals surface area contributed by atoms with E-state index in [1.807, 2.05) is 6.07 Å². The summed E-state index contributed by atoms with van der Waals surface area (Å²) in [5.74, 6) is 0.610. The molecule has 2 N–H and O–H groups in total. The van der Waals surface area contributed by atoms with Crippen molar-refractivity contribution >= 4 is 23.3 Å². The van der Waals surface area contributed by atoms with Crippen molar-refractivity contribution in [3.8, 4) is 5.75 Å². The van der Waals surface area contributed by atoms with Crippen LogP contribution in [0, 0.1) is 0 Å². The maximum absolute atomic E-state index is 11.7. The lowest BCUT2D eigenvalue weighted by molar-refractivity contribution is 0.0534. The standard InChI is InChI=1S/C14H14ClN3O3/c1-20-11-4-5-13(12(15)7-11)17-14(19)18-21-9-10-3-2-6-16-8-10/h2-8H,9H2,1H3,(H2,17,18,19). The predicted octanol–water partition coefficient (Wildman–Crippen LogP) is 3.00. The van der Waals surface area contributed by atoms with Crippen LogP contribution in [0.15, 0.2) is 42.7 Å². The highest BCUT2D eigenvalue weighted by Crippen LogP contribution is 2.26.